The van der Waals surface area contributed by atoms with Gasteiger partial charge in [-0.2, -0.15) is 0 Å². The molecule has 0 aliphatic rings. The maximum absolute atomic E-state index is 11.8. The van der Waals surface area contributed by atoms with Gasteiger partial charge in [-0.15, -0.1) is 0 Å². The lowest BCUT2D eigenvalue weighted by molar-refractivity contribution is -0.142. The van der Waals surface area contributed by atoms with Crippen molar-refractivity contribution >= 4 is 27.9 Å². The van der Waals surface area contributed by atoms with Crippen LogP contribution in [-0.2, 0) is 20.7 Å². The zero-order valence-electron chi connectivity index (χ0n) is 10.4. The van der Waals surface area contributed by atoms with Crippen molar-refractivity contribution in [2.75, 3.05) is 13.2 Å². The maximum Gasteiger partial charge on any atom is 0.338 e. The number of hydrogen-bond acceptors (Lipinski definition) is 4. The fourth-order valence-corrected chi connectivity index (χ4v) is 1.83. The van der Waals surface area contributed by atoms with Crippen LogP contribution in [0.3, 0.4) is 0 Å². The largest absolute Gasteiger partial charge is 0.466 e. The Bertz CT molecular complexity index is 443. The van der Waals surface area contributed by atoms with Crippen molar-refractivity contribution in [3.05, 3.63) is 33.8 Å². The van der Waals surface area contributed by atoms with E-state index in [1.54, 1.807) is 32.0 Å². The predicted octanol–water partition coefficient (Wildman–Crippen LogP) is 2.73. The molecule has 0 bridgehead atoms. The predicted molar refractivity (Wildman–Crippen MR) is 70.4 cm³/mol. The third-order valence-corrected chi connectivity index (χ3v) is 2.70. The van der Waals surface area contributed by atoms with Gasteiger partial charge in [-0.05, 0) is 31.5 Å². The number of halogens is 1. The van der Waals surface area contributed by atoms with Crippen molar-refractivity contribution in [3.8, 4) is 0 Å². The monoisotopic (exact) mass is 314 g/mol. The molecule has 1 aromatic rings. The van der Waals surface area contributed by atoms with Gasteiger partial charge >= 0.3 is 11.9 Å². The number of esters is 2. The van der Waals surface area contributed by atoms with E-state index in [0.717, 1.165) is 4.47 Å². The minimum Gasteiger partial charge on any atom is -0.466 e. The zero-order valence-corrected chi connectivity index (χ0v) is 12.0. The summed E-state index contributed by atoms with van der Waals surface area (Å²) in [6, 6.07) is 5.14. The van der Waals surface area contributed by atoms with Crippen molar-refractivity contribution in [1.82, 2.24) is 0 Å². The van der Waals surface area contributed by atoms with Crippen molar-refractivity contribution in [2.24, 2.45) is 0 Å². The Hall–Kier alpha value is -1.36. The summed E-state index contributed by atoms with van der Waals surface area (Å²) in [5.74, 6) is -0.788. The Morgan fingerprint density at radius 2 is 1.83 bits per heavy atom. The summed E-state index contributed by atoms with van der Waals surface area (Å²) in [6.07, 6.45) is 0.0647. The molecule has 0 saturated heterocycles. The molecule has 1 aromatic carbocycles. The fraction of sp³-hybridized carbons (Fsp3) is 0.385. The van der Waals surface area contributed by atoms with Crippen LogP contribution in [0.5, 0.6) is 0 Å². The van der Waals surface area contributed by atoms with Crippen LogP contribution in [0, 0.1) is 0 Å². The Balaban J connectivity index is 2.96. The van der Waals surface area contributed by atoms with E-state index in [1.165, 1.54) is 0 Å². The van der Waals surface area contributed by atoms with Crippen LogP contribution >= 0.6 is 15.9 Å². The van der Waals surface area contributed by atoms with Crippen LogP contribution in [0.2, 0.25) is 0 Å². The molecule has 0 spiro atoms. The van der Waals surface area contributed by atoms with Gasteiger partial charge in [0.25, 0.3) is 0 Å². The highest BCUT2D eigenvalue weighted by atomic mass is 79.9. The molecule has 0 unspecified atom stereocenters. The average molecular weight is 315 g/mol. The Labute approximate surface area is 114 Å². The molecule has 0 heterocycles. The Morgan fingerprint density at radius 3 is 2.44 bits per heavy atom. The number of carbonyl (C=O) groups excluding carboxylic acids is 2. The SMILES string of the molecule is CCOC(=O)Cc1ccc(Br)cc1C(=O)OCC. The minimum absolute atomic E-state index is 0.0647. The summed E-state index contributed by atoms with van der Waals surface area (Å²) >= 11 is 3.29. The first-order valence-electron chi connectivity index (χ1n) is 5.69. The molecule has 0 radical (unpaired) electrons. The lowest BCUT2D eigenvalue weighted by Gasteiger charge is -2.09. The number of carbonyl (C=O) groups is 2. The maximum atomic E-state index is 11.8. The van der Waals surface area contributed by atoms with Gasteiger partial charge in [0.05, 0.1) is 25.2 Å². The summed E-state index contributed by atoms with van der Waals surface area (Å²) in [5.41, 5.74) is 0.995. The molecule has 0 aliphatic heterocycles. The van der Waals surface area contributed by atoms with Gasteiger partial charge in [0, 0.05) is 4.47 Å². The van der Waals surface area contributed by atoms with E-state index in [4.69, 9.17) is 9.47 Å². The van der Waals surface area contributed by atoms with Crippen LogP contribution in [0.25, 0.3) is 0 Å². The zero-order chi connectivity index (χ0) is 13.5. The molecule has 4 nitrogen and oxygen atoms in total. The smallest absolute Gasteiger partial charge is 0.338 e. The van der Waals surface area contributed by atoms with Gasteiger partial charge in [0.1, 0.15) is 0 Å². The molecule has 98 valence electrons. The molecule has 0 fully saturated rings. The van der Waals surface area contributed by atoms with Crippen LogP contribution < -0.4 is 0 Å². The van der Waals surface area contributed by atoms with Crippen LogP contribution in [-0.4, -0.2) is 25.2 Å². The van der Waals surface area contributed by atoms with Crippen LogP contribution in [0.4, 0.5) is 0 Å². The summed E-state index contributed by atoms with van der Waals surface area (Å²) in [5, 5.41) is 0. The second-order valence-corrected chi connectivity index (χ2v) is 4.42. The summed E-state index contributed by atoms with van der Waals surface area (Å²) in [7, 11) is 0. The standard InChI is InChI=1S/C13H15BrO4/c1-3-17-12(15)7-9-5-6-10(14)8-11(9)13(16)18-4-2/h5-6,8H,3-4,7H2,1-2H3. The Morgan fingerprint density at radius 1 is 1.17 bits per heavy atom. The normalized spacial score (nSPS) is 9.94. The van der Waals surface area contributed by atoms with Crippen molar-refractivity contribution < 1.29 is 19.1 Å². The molecular weight excluding hydrogens is 300 g/mol. The molecule has 18 heavy (non-hydrogen) atoms. The number of ether oxygens (including phenoxy) is 2. The lowest BCUT2D eigenvalue weighted by Crippen LogP contribution is -2.13. The quantitative estimate of drug-likeness (QED) is 0.784. The molecule has 0 aliphatic carbocycles. The van der Waals surface area contributed by atoms with E-state index in [9.17, 15) is 9.59 Å². The van der Waals surface area contributed by atoms with E-state index in [2.05, 4.69) is 15.9 Å². The van der Waals surface area contributed by atoms with E-state index >= 15 is 0 Å². The highest BCUT2D eigenvalue weighted by molar-refractivity contribution is 9.10. The van der Waals surface area contributed by atoms with Gasteiger partial charge in [-0.3, -0.25) is 4.79 Å². The molecule has 0 aromatic heterocycles. The van der Waals surface area contributed by atoms with Crippen molar-refractivity contribution in [2.45, 2.75) is 20.3 Å². The van der Waals surface area contributed by atoms with E-state index in [1.807, 2.05) is 0 Å². The summed E-state index contributed by atoms with van der Waals surface area (Å²) in [6.45, 7) is 4.10. The highest BCUT2D eigenvalue weighted by Crippen LogP contribution is 2.18. The first kappa shape index (κ1) is 14.7. The van der Waals surface area contributed by atoms with Crippen LogP contribution in [0.15, 0.2) is 22.7 Å². The molecule has 0 saturated carbocycles. The average Bonchev–Trinajstić information content (AvgIpc) is 2.32. The highest BCUT2D eigenvalue weighted by Gasteiger charge is 2.16. The number of rotatable bonds is 5. The Kier molecular flexibility index (Phi) is 5.85. The third kappa shape index (κ3) is 4.14. The first-order valence-corrected chi connectivity index (χ1v) is 6.49. The van der Waals surface area contributed by atoms with Gasteiger partial charge in [0.15, 0.2) is 0 Å². The molecule has 0 N–H and O–H groups in total. The second-order valence-electron chi connectivity index (χ2n) is 3.50. The molecular formula is C13H15BrO4. The van der Waals surface area contributed by atoms with Gasteiger partial charge in [-0.25, -0.2) is 4.79 Å². The van der Waals surface area contributed by atoms with Crippen molar-refractivity contribution in [3.63, 3.8) is 0 Å². The topological polar surface area (TPSA) is 52.6 Å². The van der Waals surface area contributed by atoms with Gasteiger partial charge in [0.2, 0.25) is 0 Å². The van der Waals surface area contributed by atoms with Gasteiger partial charge < -0.3 is 9.47 Å². The summed E-state index contributed by atoms with van der Waals surface area (Å²) < 4.78 is 10.6. The molecule has 1 rings (SSSR count). The third-order valence-electron chi connectivity index (χ3n) is 2.21. The van der Waals surface area contributed by atoms with E-state index < -0.39 is 5.97 Å². The number of benzene rings is 1. The fourth-order valence-electron chi connectivity index (χ4n) is 1.47. The second kappa shape index (κ2) is 7.16. The van der Waals surface area contributed by atoms with Gasteiger partial charge in [-0.1, -0.05) is 22.0 Å². The first-order chi connectivity index (χ1) is 8.58. The van der Waals surface area contributed by atoms with Crippen LogP contribution in [0.1, 0.15) is 29.8 Å². The summed E-state index contributed by atoms with van der Waals surface area (Å²) in [4.78, 5) is 23.2. The number of hydrogen-bond donors (Lipinski definition) is 0. The minimum atomic E-state index is -0.432. The lowest BCUT2D eigenvalue weighted by atomic mass is 10.0. The van der Waals surface area contributed by atoms with E-state index in [-0.39, 0.29) is 12.4 Å². The molecule has 0 amide bonds. The molecule has 0 atom stereocenters. The molecule has 5 heteroatoms. The van der Waals surface area contributed by atoms with E-state index in [0.29, 0.717) is 24.3 Å². The van der Waals surface area contributed by atoms with Crippen molar-refractivity contribution in [1.29, 1.82) is 0 Å².